The number of aromatic amines is 1. The summed E-state index contributed by atoms with van der Waals surface area (Å²) in [5.74, 6) is -9.87. The molecule has 25 heteroatoms. The monoisotopic (exact) mass is 951 g/mol. The highest BCUT2D eigenvalue weighted by atomic mass is 16.4. The molecule has 9 atom stereocenters. The van der Waals surface area contributed by atoms with Crippen LogP contribution < -0.4 is 60.2 Å². The van der Waals surface area contributed by atoms with Crippen LogP contribution in [0, 0.1) is 17.8 Å². The van der Waals surface area contributed by atoms with Crippen LogP contribution in [0.1, 0.15) is 106 Å². The van der Waals surface area contributed by atoms with Gasteiger partial charge in [0.15, 0.2) is 5.96 Å². The molecule has 0 saturated carbocycles. The maximum Gasteiger partial charge on any atom is 0.326 e. The third-order valence-corrected chi connectivity index (χ3v) is 10.6. The van der Waals surface area contributed by atoms with E-state index in [0.29, 0.717) is 31.4 Å². The number of H-pyrrole nitrogens is 1. The Balaban J connectivity index is 3.22. The zero-order valence-electron chi connectivity index (χ0n) is 39.6. The quantitative estimate of drug-likeness (QED) is 0.0197. The summed E-state index contributed by atoms with van der Waals surface area (Å²) < 4.78 is 0. The number of amides is 7. The Kier molecular flexibility index (Phi) is 26.3. The van der Waals surface area contributed by atoms with Crippen molar-refractivity contribution in [3.63, 3.8) is 0 Å². The third kappa shape index (κ3) is 22.1. The lowest BCUT2D eigenvalue weighted by Gasteiger charge is -2.28. The summed E-state index contributed by atoms with van der Waals surface area (Å²) in [6, 6.07) is -10.5. The van der Waals surface area contributed by atoms with Gasteiger partial charge in [0, 0.05) is 24.9 Å². The first-order valence-corrected chi connectivity index (χ1v) is 22.5. The van der Waals surface area contributed by atoms with Gasteiger partial charge in [-0.25, -0.2) is 9.78 Å². The lowest BCUT2D eigenvalue weighted by Crippen LogP contribution is -2.61. The molecule has 0 aromatic carbocycles. The van der Waals surface area contributed by atoms with Crippen LogP contribution in [0.15, 0.2) is 17.5 Å². The lowest BCUT2D eigenvalue weighted by molar-refractivity contribution is -0.144. The Morgan fingerprint density at radius 1 is 0.687 bits per heavy atom. The first kappa shape index (κ1) is 58.6. The fourth-order valence-electron chi connectivity index (χ4n) is 6.54. The van der Waals surface area contributed by atoms with E-state index in [1.165, 1.54) is 19.4 Å². The molecule has 0 aliphatic heterocycles. The van der Waals surface area contributed by atoms with Crippen molar-refractivity contribution in [2.24, 2.45) is 45.7 Å². The second kappa shape index (κ2) is 30.0. The lowest BCUT2D eigenvalue weighted by atomic mass is 9.98. The number of carbonyl (C=O) groups is 9. The largest absolute Gasteiger partial charge is 0.481 e. The average Bonchev–Trinajstić information content (AvgIpc) is 3.76. The number of nitrogens with two attached hydrogens (primary N) is 4. The smallest absolute Gasteiger partial charge is 0.326 e. The van der Waals surface area contributed by atoms with E-state index >= 15 is 0 Å². The molecule has 0 bridgehead atoms. The highest BCUT2D eigenvalue weighted by Crippen LogP contribution is 2.12. The molecular formula is C42H74N14O11. The van der Waals surface area contributed by atoms with Crippen molar-refractivity contribution in [2.75, 3.05) is 13.1 Å². The van der Waals surface area contributed by atoms with E-state index in [0.717, 1.165) is 0 Å². The van der Waals surface area contributed by atoms with Crippen LogP contribution in [-0.4, -0.2) is 141 Å². The number of guanidine groups is 1. The first-order valence-electron chi connectivity index (χ1n) is 22.5. The number of aliphatic imine (C=N–C) groups is 1. The zero-order valence-corrected chi connectivity index (χ0v) is 39.6. The van der Waals surface area contributed by atoms with Crippen LogP contribution in [0.3, 0.4) is 0 Å². The van der Waals surface area contributed by atoms with E-state index in [2.05, 4.69) is 52.2 Å². The predicted octanol–water partition coefficient (Wildman–Crippen LogP) is -2.82. The SMILES string of the molecule is CCC(C)C(NC(=O)C(Cc1cnc[nH]1)NC(=O)C(CCCCN)NC(=O)C(NC(=O)C(C)NC(=O)C(CC(=O)O)NC(=O)C(CC(C)C)NC(=O)C(N)CCCN=C(N)N)C(C)C)C(=O)O. The predicted molar refractivity (Wildman–Crippen MR) is 246 cm³/mol. The number of aromatic nitrogens is 2. The summed E-state index contributed by atoms with van der Waals surface area (Å²) in [5, 5.41) is 37.1. The number of carboxylic acids is 2. The van der Waals surface area contributed by atoms with Gasteiger partial charge in [-0.05, 0) is 69.7 Å². The van der Waals surface area contributed by atoms with Crippen molar-refractivity contribution in [1.29, 1.82) is 0 Å². The van der Waals surface area contributed by atoms with Crippen LogP contribution >= 0.6 is 0 Å². The summed E-state index contributed by atoms with van der Waals surface area (Å²) >= 11 is 0. The Morgan fingerprint density at radius 3 is 1.79 bits per heavy atom. The molecule has 7 amide bonds. The maximum atomic E-state index is 13.9. The number of aliphatic carboxylic acids is 2. The van der Waals surface area contributed by atoms with Gasteiger partial charge >= 0.3 is 11.9 Å². The molecule has 0 fully saturated rings. The number of carboxylic acid groups (broad SMARTS) is 2. The molecule has 25 nitrogen and oxygen atoms in total. The molecule has 0 radical (unpaired) electrons. The van der Waals surface area contributed by atoms with Crippen LogP contribution in [0.25, 0.3) is 0 Å². The molecule has 18 N–H and O–H groups in total. The minimum absolute atomic E-state index is 0.0644. The van der Waals surface area contributed by atoms with Crippen LogP contribution in [0.2, 0.25) is 0 Å². The molecule has 0 aliphatic carbocycles. The van der Waals surface area contributed by atoms with Crippen LogP contribution in [-0.2, 0) is 49.6 Å². The molecule has 1 heterocycles. The normalized spacial score (nSPS) is 15.2. The molecule has 0 saturated heterocycles. The Morgan fingerprint density at radius 2 is 1.25 bits per heavy atom. The van der Waals surface area contributed by atoms with E-state index < -0.39 is 120 Å². The summed E-state index contributed by atoms with van der Waals surface area (Å²) in [7, 11) is 0. The van der Waals surface area contributed by atoms with Gasteiger partial charge in [0.1, 0.15) is 42.3 Å². The number of rotatable bonds is 32. The van der Waals surface area contributed by atoms with Crippen LogP contribution in [0.5, 0.6) is 0 Å². The fraction of sp³-hybridized carbons (Fsp3) is 0.690. The average molecular weight is 951 g/mol. The number of carbonyl (C=O) groups excluding carboxylic acids is 7. The van der Waals surface area contributed by atoms with Gasteiger partial charge in [0.2, 0.25) is 41.4 Å². The molecule has 9 unspecified atom stereocenters. The second-order valence-corrected chi connectivity index (χ2v) is 17.3. The number of imidazole rings is 1. The second-order valence-electron chi connectivity index (χ2n) is 17.3. The Labute approximate surface area is 390 Å². The number of hydrogen-bond donors (Lipinski definition) is 14. The van der Waals surface area contributed by atoms with Gasteiger partial charge in [0.05, 0.1) is 18.8 Å². The Hall–Kier alpha value is -6.37. The zero-order chi connectivity index (χ0) is 51.0. The molecule has 0 aliphatic rings. The van der Waals surface area contributed by atoms with E-state index in [1.807, 2.05) is 0 Å². The van der Waals surface area contributed by atoms with E-state index in [9.17, 15) is 53.4 Å². The number of hydrogen-bond acceptors (Lipinski definition) is 13. The number of nitrogens with zero attached hydrogens (tertiary/aromatic N) is 2. The van der Waals surface area contributed by atoms with Gasteiger partial charge < -0.3 is 75.3 Å². The highest BCUT2D eigenvalue weighted by Gasteiger charge is 2.35. The first-order chi connectivity index (χ1) is 31.4. The van der Waals surface area contributed by atoms with Gasteiger partial charge in [-0.2, -0.15) is 0 Å². The fourth-order valence-corrected chi connectivity index (χ4v) is 6.54. The highest BCUT2D eigenvalue weighted by molar-refractivity contribution is 5.98. The molecular weight excluding hydrogens is 877 g/mol. The Bertz CT molecular complexity index is 1820. The maximum absolute atomic E-state index is 13.9. The van der Waals surface area contributed by atoms with Gasteiger partial charge in [-0.3, -0.25) is 43.3 Å². The van der Waals surface area contributed by atoms with Crippen molar-refractivity contribution in [3.8, 4) is 0 Å². The van der Waals surface area contributed by atoms with Crippen molar-refractivity contribution in [2.45, 2.75) is 155 Å². The van der Waals surface area contributed by atoms with Crippen molar-refractivity contribution >= 4 is 59.2 Å². The minimum atomic E-state index is -1.71. The minimum Gasteiger partial charge on any atom is -0.481 e. The summed E-state index contributed by atoms with van der Waals surface area (Å²) in [5.41, 5.74) is 22.8. The third-order valence-electron chi connectivity index (χ3n) is 10.6. The van der Waals surface area contributed by atoms with Gasteiger partial charge in [0.25, 0.3) is 0 Å². The van der Waals surface area contributed by atoms with E-state index in [-0.39, 0.29) is 50.7 Å². The number of nitrogens with one attached hydrogen (secondary N) is 8. The summed E-state index contributed by atoms with van der Waals surface area (Å²) in [6.45, 7) is 12.0. The molecule has 1 aromatic heterocycles. The van der Waals surface area contributed by atoms with Gasteiger partial charge in [-0.1, -0.05) is 48.0 Å². The van der Waals surface area contributed by atoms with Crippen LogP contribution in [0.4, 0.5) is 0 Å². The molecule has 0 spiro atoms. The van der Waals surface area contributed by atoms with E-state index in [1.54, 1.807) is 41.5 Å². The van der Waals surface area contributed by atoms with Gasteiger partial charge in [-0.15, -0.1) is 0 Å². The van der Waals surface area contributed by atoms with Crippen molar-refractivity contribution in [3.05, 3.63) is 18.2 Å². The summed E-state index contributed by atoms with van der Waals surface area (Å²) in [4.78, 5) is 129. The van der Waals surface area contributed by atoms with E-state index in [4.69, 9.17) is 22.9 Å². The summed E-state index contributed by atoms with van der Waals surface area (Å²) in [6.07, 6.45) is 3.79. The number of unbranched alkanes of at least 4 members (excludes halogenated alkanes) is 1. The molecule has 1 rings (SSSR count). The molecule has 378 valence electrons. The molecule has 67 heavy (non-hydrogen) atoms. The van der Waals surface area contributed by atoms with Crippen molar-refractivity contribution in [1.82, 2.24) is 47.2 Å². The standard InChI is InChI=1S/C42H74N14O11/c1-8-23(6)33(41(66)67)56-39(64)29(17-25-19-47-20-49-25)53-36(61)27(13-9-10-14-43)51-40(65)32(22(4)5)55-34(59)24(7)50-37(62)30(18-31(57)58)54-38(63)28(16-21(2)3)52-35(60)26(44)12-11-15-48-42(45)46/h19-24,26-30,32-33H,8-18,43-44H2,1-7H3,(H,47,49)(H,50,62)(H,51,65)(H,52,60)(H,53,61)(H,54,63)(H,55,59)(H,56,64)(H,57,58)(H,66,67)(H4,45,46,48). The molecule has 1 aromatic rings. The topological polar surface area (TPSA) is 423 Å². The van der Waals surface area contributed by atoms with Crippen molar-refractivity contribution < 1.29 is 53.4 Å².